The van der Waals surface area contributed by atoms with Gasteiger partial charge in [0.05, 0.1) is 19.1 Å². The van der Waals surface area contributed by atoms with Crippen LogP contribution in [0.5, 0.6) is 0 Å². The van der Waals surface area contributed by atoms with Crippen LogP contribution < -0.4 is 5.32 Å². The summed E-state index contributed by atoms with van der Waals surface area (Å²) in [6.45, 7) is 5.15. The molecule has 1 saturated carbocycles. The molecule has 0 spiro atoms. The Morgan fingerprint density at radius 2 is 2.05 bits per heavy atom. The van der Waals surface area contributed by atoms with Crippen LogP contribution in [0.15, 0.2) is 0 Å². The molecule has 1 saturated heterocycles. The summed E-state index contributed by atoms with van der Waals surface area (Å²) in [4.78, 5) is 25.8. The Hall–Kier alpha value is -0.940. The molecular formula is C14H24N2O3. The van der Waals surface area contributed by atoms with E-state index in [0.717, 1.165) is 25.7 Å². The van der Waals surface area contributed by atoms with Crippen molar-refractivity contribution < 1.29 is 14.3 Å². The standard InChI is InChI=1S/C14H24N2O3/c1-3-19-9-10(2)15-12-8-13(17)16(14(12)18)11-6-4-5-7-11/h10-12,15H,3-9H2,1-2H3. The van der Waals surface area contributed by atoms with Gasteiger partial charge in [0.2, 0.25) is 11.8 Å². The van der Waals surface area contributed by atoms with Gasteiger partial charge < -0.3 is 10.1 Å². The SMILES string of the molecule is CCOCC(C)NC1CC(=O)N(C2CCCC2)C1=O. The molecule has 0 aromatic rings. The van der Waals surface area contributed by atoms with Crippen molar-refractivity contribution in [1.82, 2.24) is 10.2 Å². The van der Waals surface area contributed by atoms with Crippen LogP contribution in [0.3, 0.4) is 0 Å². The van der Waals surface area contributed by atoms with E-state index in [2.05, 4.69) is 5.32 Å². The van der Waals surface area contributed by atoms with Crippen LogP contribution in [-0.4, -0.2) is 48.1 Å². The Balaban J connectivity index is 1.90. The second-order valence-electron chi connectivity index (χ2n) is 5.52. The zero-order valence-corrected chi connectivity index (χ0v) is 11.9. The number of nitrogens with one attached hydrogen (secondary N) is 1. The minimum atomic E-state index is -0.358. The molecular weight excluding hydrogens is 244 g/mol. The van der Waals surface area contributed by atoms with Gasteiger partial charge >= 0.3 is 0 Å². The van der Waals surface area contributed by atoms with E-state index in [1.807, 2.05) is 13.8 Å². The molecule has 0 bridgehead atoms. The highest BCUT2D eigenvalue weighted by molar-refractivity contribution is 6.05. The van der Waals surface area contributed by atoms with Crippen LogP contribution in [0.2, 0.25) is 0 Å². The molecule has 1 N–H and O–H groups in total. The summed E-state index contributed by atoms with van der Waals surface area (Å²) in [5.74, 6) is -0.0572. The normalized spacial score (nSPS) is 26.4. The summed E-state index contributed by atoms with van der Waals surface area (Å²) in [5, 5.41) is 3.21. The highest BCUT2D eigenvalue weighted by atomic mass is 16.5. The van der Waals surface area contributed by atoms with Crippen molar-refractivity contribution >= 4 is 11.8 Å². The molecule has 1 aliphatic carbocycles. The van der Waals surface area contributed by atoms with Crippen LogP contribution in [0, 0.1) is 0 Å². The third-order valence-corrected chi connectivity index (χ3v) is 3.93. The number of carbonyl (C=O) groups is 2. The summed E-state index contributed by atoms with van der Waals surface area (Å²) in [5.41, 5.74) is 0. The largest absolute Gasteiger partial charge is 0.380 e. The summed E-state index contributed by atoms with van der Waals surface area (Å²) in [6.07, 6.45) is 4.49. The van der Waals surface area contributed by atoms with E-state index >= 15 is 0 Å². The number of hydrogen-bond acceptors (Lipinski definition) is 4. The zero-order valence-electron chi connectivity index (χ0n) is 11.9. The number of rotatable bonds is 6. The van der Waals surface area contributed by atoms with Crippen molar-refractivity contribution in [2.45, 2.75) is 64.1 Å². The first-order valence-electron chi connectivity index (χ1n) is 7.33. The maximum atomic E-state index is 12.3. The number of nitrogens with zero attached hydrogens (tertiary/aromatic N) is 1. The lowest BCUT2D eigenvalue weighted by Gasteiger charge is -2.23. The Morgan fingerprint density at radius 1 is 1.37 bits per heavy atom. The van der Waals surface area contributed by atoms with Crippen molar-refractivity contribution in [2.24, 2.45) is 0 Å². The van der Waals surface area contributed by atoms with Crippen LogP contribution in [0.4, 0.5) is 0 Å². The number of imide groups is 1. The number of amides is 2. The molecule has 108 valence electrons. The van der Waals surface area contributed by atoms with E-state index < -0.39 is 0 Å². The van der Waals surface area contributed by atoms with Crippen molar-refractivity contribution in [3.8, 4) is 0 Å². The topological polar surface area (TPSA) is 58.6 Å². The van der Waals surface area contributed by atoms with Crippen molar-refractivity contribution in [2.75, 3.05) is 13.2 Å². The van der Waals surface area contributed by atoms with E-state index in [9.17, 15) is 9.59 Å². The van der Waals surface area contributed by atoms with Crippen molar-refractivity contribution in [1.29, 1.82) is 0 Å². The molecule has 19 heavy (non-hydrogen) atoms. The second-order valence-corrected chi connectivity index (χ2v) is 5.52. The Labute approximate surface area is 114 Å². The molecule has 2 atom stereocenters. The van der Waals surface area contributed by atoms with Gasteiger partial charge in [0.25, 0.3) is 0 Å². The predicted molar refractivity (Wildman–Crippen MR) is 71.6 cm³/mol. The van der Waals surface area contributed by atoms with Gasteiger partial charge in [-0.25, -0.2) is 0 Å². The third kappa shape index (κ3) is 3.34. The summed E-state index contributed by atoms with van der Waals surface area (Å²) in [6, 6.07) is -0.122. The number of ether oxygens (including phenoxy) is 1. The fourth-order valence-electron chi connectivity index (χ4n) is 3.01. The summed E-state index contributed by atoms with van der Waals surface area (Å²) in [7, 11) is 0. The van der Waals surface area contributed by atoms with Crippen LogP contribution in [0.1, 0.15) is 46.0 Å². The zero-order chi connectivity index (χ0) is 13.8. The fraction of sp³-hybridized carbons (Fsp3) is 0.857. The monoisotopic (exact) mass is 268 g/mol. The van der Waals surface area contributed by atoms with Gasteiger partial charge in [-0.05, 0) is 26.7 Å². The fourth-order valence-corrected chi connectivity index (χ4v) is 3.01. The van der Waals surface area contributed by atoms with E-state index in [1.165, 1.54) is 4.90 Å². The average Bonchev–Trinajstić information content (AvgIpc) is 2.96. The Bertz CT molecular complexity index is 340. The molecule has 2 unspecified atom stereocenters. The number of likely N-dealkylation sites (tertiary alicyclic amines) is 1. The minimum absolute atomic E-state index is 0.0157. The molecule has 5 heteroatoms. The number of carbonyl (C=O) groups excluding carboxylic acids is 2. The maximum Gasteiger partial charge on any atom is 0.247 e. The van der Waals surface area contributed by atoms with E-state index in [4.69, 9.17) is 4.74 Å². The predicted octanol–water partition coefficient (Wildman–Crippen LogP) is 1.07. The van der Waals surface area contributed by atoms with E-state index in [-0.39, 0.29) is 29.9 Å². The maximum absolute atomic E-state index is 12.3. The van der Waals surface area contributed by atoms with E-state index in [1.54, 1.807) is 0 Å². The average molecular weight is 268 g/mol. The quantitative estimate of drug-likeness (QED) is 0.732. The van der Waals surface area contributed by atoms with Crippen LogP contribution >= 0.6 is 0 Å². The first kappa shape index (κ1) is 14.5. The second kappa shape index (κ2) is 6.48. The molecule has 2 rings (SSSR count). The van der Waals surface area contributed by atoms with Gasteiger partial charge in [-0.2, -0.15) is 0 Å². The molecule has 2 fully saturated rings. The number of hydrogen-bond donors (Lipinski definition) is 1. The molecule has 2 aliphatic rings. The molecule has 1 heterocycles. The first-order chi connectivity index (χ1) is 9.13. The van der Waals surface area contributed by atoms with Crippen molar-refractivity contribution in [3.05, 3.63) is 0 Å². The lowest BCUT2D eigenvalue weighted by atomic mass is 10.2. The highest BCUT2D eigenvalue weighted by Crippen LogP contribution is 2.28. The summed E-state index contributed by atoms with van der Waals surface area (Å²) < 4.78 is 5.32. The van der Waals surface area contributed by atoms with Gasteiger partial charge in [0.15, 0.2) is 0 Å². The molecule has 5 nitrogen and oxygen atoms in total. The van der Waals surface area contributed by atoms with Gasteiger partial charge in [0, 0.05) is 18.7 Å². The highest BCUT2D eigenvalue weighted by Gasteiger charge is 2.43. The van der Waals surface area contributed by atoms with Crippen LogP contribution in [-0.2, 0) is 14.3 Å². The van der Waals surface area contributed by atoms with Gasteiger partial charge in [-0.15, -0.1) is 0 Å². The lowest BCUT2D eigenvalue weighted by molar-refractivity contribution is -0.141. The van der Waals surface area contributed by atoms with Gasteiger partial charge in [-0.1, -0.05) is 12.8 Å². The molecule has 0 radical (unpaired) electrons. The van der Waals surface area contributed by atoms with Crippen LogP contribution in [0.25, 0.3) is 0 Å². The molecule has 0 aromatic carbocycles. The van der Waals surface area contributed by atoms with Gasteiger partial charge in [0.1, 0.15) is 0 Å². The minimum Gasteiger partial charge on any atom is -0.380 e. The molecule has 2 amide bonds. The smallest absolute Gasteiger partial charge is 0.247 e. The van der Waals surface area contributed by atoms with E-state index in [0.29, 0.717) is 19.6 Å². The van der Waals surface area contributed by atoms with Crippen molar-refractivity contribution in [3.63, 3.8) is 0 Å². The first-order valence-corrected chi connectivity index (χ1v) is 7.33. The molecule has 0 aromatic heterocycles. The molecule has 1 aliphatic heterocycles. The lowest BCUT2D eigenvalue weighted by Crippen LogP contribution is -2.46. The van der Waals surface area contributed by atoms with Gasteiger partial charge in [-0.3, -0.25) is 14.5 Å². The Kier molecular flexibility index (Phi) is 4.93. The summed E-state index contributed by atoms with van der Waals surface area (Å²) >= 11 is 0. The third-order valence-electron chi connectivity index (χ3n) is 3.93. The Morgan fingerprint density at radius 3 is 2.68 bits per heavy atom.